The molecule has 0 aliphatic heterocycles. The van der Waals surface area contributed by atoms with Gasteiger partial charge in [-0.15, -0.1) is 0 Å². The topological polar surface area (TPSA) is 56.2 Å². The van der Waals surface area contributed by atoms with Gasteiger partial charge in [0.25, 0.3) is 0 Å². The number of hydrogen-bond donors (Lipinski definition) is 1. The Morgan fingerprint density at radius 2 is 1.94 bits per heavy atom. The van der Waals surface area contributed by atoms with Gasteiger partial charge in [0.1, 0.15) is 5.69 Å². The molecule has 2 aromatic rings. The van der Waals surface area contributed by atoms with E-state index in [9.17, 15) is 0 Å². The van der Waals surface area contributed by atoms with Crippen molar-refractivity contribution in [2.24, 2.45) is 0 Å². The summed E-state index contributed by atoms with van der Waals surface area (Å²) in [6, 6.07) is 0. The Morgan fingerprint density at radius 3 is 2.62 bits per heavy atom. The molecule has 2 aliphatic rings. The lowest BCUT2D eigenvalue weighted by Gasteiger charge is -1.97. The third-order valence-electron chi connectivity index (χ3n) is 3.57. The van der Waals surface area contributed by atoms with Crippen molar-refractivity contribution >= 4 is 11.3 Å². The highest BCUT2D eigenvalue weighted by molar-refractivity contribution is 5.68. The van der Waals surface area contributed by atoms with Gasteiger partial charge in [0, 0.05) is 18.3 Å². The Hall–Kier alpha value is -1.58. The summed E-state index contributed by atoms with van der Waals surface area (Å²) < 4.78 is 1.87. The first-order valence-electron chi connectivity index (χ1n) is 5.96. The zero-order valence-electron chi connectivity index (χ0n) is 9.06. The molecule has 2 N–H and O–H groups in total. The lowest BCUT2D eigenvalue weighted by Crippen LogP contribution is -1.94. The van der Waals surface area contributed by atoms with Crippen molar-refractivity contribution in [3.05, 3.63) is 23.7 Å². The first-order valence-corrected chi connectivity index (χ1v) is 5.96. The molecule has 0 radical (unpaired) electrons. The molecule has 0 unspecified atom stereocenters. The summed E-state index contributed by atoms with van der Waals surface area (Å²) in [6.07, 6.45) is 9.09. The molecule has 4 nitrogen and oxygen atoms in total. The molecule has 2 aromatic heterocycles. The maximum Gasteiger partial charge on any atom is 0.178 e. The monoisotopic (exact) mass is 214 g/mol. The second kappa shape index (κ2) is 2.75. The first kappa shape index (κ1) is 8.56. The lowest BCUT2D eigenvalue weighted by molar-refractivity contribution is 0.864. The molecule has 0 amide bonds. The molecule has 0 spiro atoms. The molecule has 0 bridgehead atoms. The lowest BCUT2D eigenvalue weighted by atomic mass is 10.2. The predicted molar refractivity (Wildman–Crippen MR) is 61.3 cm³/mol. The molecule has 4 heteroatoms. The number of nitrogen functional groups attached to an aromatic ring is 1. The maximum absolute atomic E-state index is 6.08. The van der Waals surface area contributed by atoms with Crippen LogP contribution in [0.5, 0.6) is 0 Å². The number of fused-ring (bicyclic) bond motifs is 1. The fourth-order valence-electron chi connectivity index (χ4n) is 2.27. The summed E-state index contributed by atoms with van der Waals surface area (Å²) in [5, 5.41) is 4.57. The number of rotatable bonds is 2. The fraction of sp³-hybridized carbons (Fsp3) is 0.500. The quantitative estimate of drug-likeness (QED) is 0.832. The number of nitrogens with zero attached hydrogens (tertiary/aromatic N) is 3. The van der Waals surface area contributed by atoms with Crippen LogP contribution in [0, 0.1) is 0 Å². The summed E-state index contributed by atoms with van der Waals surface area (Å²) in [5.74, 6) is 1.30. The molecule has 16 heavy (non-hydrogen) atoms. The summed E-state index contributed by atoms with van der Waals surface area (Å²) in [5.41, 5.74) is 10.0. The van der Waals surface area contributed by atoms with Gasteiger partial charge < -0.3 is 5.73 Å². The predicted octanol–water partition coefficient (Wildman–Crippen LogP) is 2.07. The van der Waals surface area contributed by atoms with Crippen LogP contribution in [0.1, 0.15) is 48.8 Å². The average molecular weight is 214 g/mol. The van der Waals surface area contributed by atoms with Crippen molar-refractivity contribution < 1.29 is 0 Å². The molecule has 82 valence electrons. The minimum absolute atomic E-state index is 0.589. The van der Waals surface area contributed by atoms with Crippen LogP contribution >= 0.6 is 0 Å². The van der Waals surface area contributed by atoms with Gasteiger partial charge >= 0.3 is 0 Å². The van der Waals surface area contributed by atoms with Gasteiger partial charge in [-0.05, 0) is 37.2 Å². The van der Waals surface area contributed by atoms with E-state index >= 15 is 0 Å². The van der Waals surface area contributed by atoms with E-state index < -0.39 is 0 Å². The van der Waals surface area contributed by atoms with Crippen LogP contribution in [0.15, 0.2) is 12.4 Å². The van der Waals surface area contributed by atoms with Crippen LogP contribution in [0.2, 0.25) is 0 Å². The second-order valence-electron chi connectivity index (χ2n) is 5.00. The Bertz CT molecular complexity index is 564. The summed E-state index contributed by atoms with van der Waals surface area (Å²) in [7, 11) is 0. The van der Waals surface area contributed by atoms with Gasteiger partial charge in [0.15, 0.2) is 5.65 Å². The highest BCUT2D eigenvalue weighted by atomic mass is 15.3. The summed E-state index contributed by atoms with van der Waals surface area (Å²) >= 11 is 0. The molecule has 0 atom stereocenters. The number of hydrogen-bond acceptors (Lipinski definition) is 3. The second-order valence-corrected chi connectivity index (χ2v) is 5.00. The van der Waals surface area contributed by atoms with Crippen LogP contribution in [0.3, 0.4) is 0 Å². The van der Waals surface area contributed by atoms with E-state index in [0.29, 0.717) is 11.8 Å². The van der Waals surface area contributed by atoms with Gasteiger partial charge in [-0.25, -0.2) is 9.50 Å². The zero-order valence-corrected chi connectivity index (χ0v) is 9.06. The normalized spacial score (nSPS) is 20.5. The smallest absolute Gasteiger partial charge is 0.178 e. The Kier molecular flexibility index (Phi) is 1.47. The number of anilines is 1. The molecule has 2 fully saturated rings. The van der Waals surface area contributed by atoms with Crippen molar-refractivity contribution in [2.45, 2.75) is 37.5 Å². The first-order chi connectivity index (χ1) is 7.83. The summed E-state index contributed by atoms with van der Waals surface area (Å²) in [4.78, 5) is 4.45. The van der Waals surface area contributed by atoms with E-state index in [1.807, 2.05) is 10.7 Å². The van der Waals surface area contributed by atoms with E-state index in [4.69, 9.17) is 5.73 Å². The highest BCUT2D eigenvalue weighted by Crippen LogP contribution is 2.43. The van der Waals surface area contributed by atoms with Crippen molar-refractivity contribution in [3.8, 4) is 0 Å². The third-order valence-corrected chi connectivity index (χ3v) is 3.57. The standard InChI is InChI=1S/C12H14N4/c13-10-11(8-3-4-8)15-16-6-9(7-1-2-7)5-14-12(10)16/h5-8H,1-4,13H2. The van der Waals surface area contributed by atoms with E-state index in [1.54, 1.807) is 0 Å². The molecule has 4 rings (SSSR count). The number of nitrogens with two attached hydrogens (primary N) is 1. The van der Waals surface area contributed by atoms with E-state index in [1.165, 1.54) is 31.2 Å². The summed E-state index contributed by atoms with van der Waals surface area (Å²) in [6.45, 7) is 0. The average Bonchev–Trinajstić information content (AvgIpc) is 3.16. The molecular formula is C12H14N4. The zero-order chi connectivity index (χ0) is 10.7. The maximum atomic E-state index is 6.08. The molecule has 0 saturated heterocycles. The van der Waals surface area contributed by atoms with E-state index in [-0.39, 0.29) is 0 Å². The fourth-order valence-corrected chi connectivity index (χ4v) is 2.27. The van der Waals surface area contributed by atoms with Gasteiger partial charge in [0.2, 0.25) is 0 Å². The van der Waals surface area contributed by atoms with Crippen LogP contribution in [-0.2, 0) is 0 Å². The van der Waals surface area contributed by atoms with E-state index in [2.05, 4.69) is 16.3 Å². The SMILES string of the molecule is Nc1c(C2CC2)nn2cc(C3CC3)cnc12. The largest absolute Gasteiger partial charge is 0.394 e. The van der Waals surface area contributed by atoms with Crippen molar-refractivity contribution in [2.75, 3.05) is 5.73 Å². The van der Waals surface area contributed by atoms with Crippen molar-refractivity contribution in [1.82, 2.24) is 14.6 Å². The van der Waals surface area contributed by atoms with E-state index in [0.717, 1.165) is 17.0 Å². The van der Waals surface area contributed by atoms with Crippen LogP contribution in [0.4, 0.5) is 5.69 Å². The van der Waals surface area contributed by atoms with Crippen LogP contribution in [-0.4, -0.2) is 14.6 Å². The molecule has 2 aliphatic carbocycles. The number of aromatic nitrogens is 3. The van der Waals surface area contributed by atoms with Crippen LogP contribution < -0.4 is 5.73 Å². The van der Waals surface area contributed by atoms with Crippen LogP contribution in [0.25, 0.3) is 5.65 Å². The minimum Gasteiger partial charge on any atom is -0.394 e. The Labute approximate surface area is 93.5 Å². The van der Waals surface area contributed by atoms with Gasteiger partial charge in [-0.2, -0.15) is 5.10 Å². The molecular weight excluding hydrogens is 200 g/mol. The molecule has 2 heterocycles. The van der Waals surface area contributed by atoms with Crippen molar-refractivity contribution in [1.29, 1.82) is 0 Å². The molecule has 2 saturated carbocycles. The van der Waals surface area contributed by atoms with Gasteiger partial charge in [-0.3, -0.25) is 0 Å². The van der Waals surface area contributed by atoms with Gasteiger partial charge in [0.05, 0.1) is 5.69 Å². The molecule has 0 aromatic carbocycles. The Morgan fingerprint density at radius 1 is 1.19 bits per heavy atom. The van der Waals surface area contributed by atoms with Gasteiger partial charge in [-0.1, -0.05) is 0 Å². The van der Waals surface area contributed by atoms with Crippen molar-refractivity contribution in [3.63, 3.8) is 0 Å². The Balaban J connectivity index is 1.90. The minimum atomic E-state index is 0.589. The third kappa shape index (κ3) is 1.16. The highest BCUT2D eigenvalue weighted by Gasteiger charge is 2.30.